The summed E-state index contributed by atoms with van der Waals surface area (Å²) in [5.41, 5.74) is 5.54. The average Bonchev–Trinajstić information content (AvgIpc) is 3.01. The number of nitrogens with two attached hydrogens (primary N) is 1. The number of fused-ring (bicyclic) bond motifs is 1. The number of carbonyl (C=O) groups is 3. The zero-order valence-corrected chi connectivity index (χ0v) is 21.2. The maximum Gasteiger partial charge on any atom is 0.389 e. The smallest absolute Gasteiger partial charge is 0.369 e. The maximum atomic E-state index is 14.7. The summed E-state index contributed by atoms with van der Waals surface area (Å²) in [7, 11) is 0. The lowest BCUT2D eigenvalue weighted by Crippen LogP contribution is -2.52. The number of para-hydroxylation sites is 1. The fraction of sp³-hybridized carbons (Fsp3) is 0.385. The number of carbonyl (C=O) groups excluding carboxylic acids is 3. The summed E-state index contributed by atoms with van der Waals surface area (Å²) in [6.45, 7) is -0.418. The van der Waals surface area contributed by atoms with Gasteiger partial charge in [0.1, 0.15) is 17.5 Å². The highest BCUT2D eigenvalue weighted by Crippen LogP contribution is 2.37. The van der Waals surface area contributed by atoms with E-state index in [1.54, 1.807) is 0 Å². The molecule has 0 saturated carbocycles. The predicted octanol–water partition coefficient (Wildman–Crippen LogP) is 4.68. The number of nitrogens with one attached hydrogen (secondary N) is 2. The molecule has 1 aliphatic rings. The van der Waals surface area contributed by atoms with Gasteiger partial charge in [-0.2, -0.15) is 31.6 Å². The Morgan fingerprint density at radius 2 is 1.66 bits per heavy atom. The Morgan fingerprint density at radius 3 is 2.24 bits per heavy atom. The number of alkyl halides is 6. The molecule has 0 fully saturated rings. The largest absolute Gasteiger partial charge is 0.389 e. The average molecular weight is 587 g/mol. The van der Waals surface area contributed by atoms with Crippen LogP contribution < -0.4 is 21.3 Å². The van der Waals surface area contributed by atoms with Crippen molar-refractivity contribution in [3.63, 3.8) is 0 Å². The van der Waals surface area contributed by atoms with E-state index in [2.05, 4.69) is 10.6 Å². The first-order valence-corrected chi connectivity index (χ1v) is 12.2. The van der Waals surface area contributed by atoms with Gasteiger partial charge in [0.2, 0.25) is 17.7 Å². The minimum absolute atomic E-state index is 0.124. The van der Waals surface area contributed by atoms with Crippen molar-refractivity contribution in [2.75, 3.05) is 16.8 Å². The molecule has 220 valence electrons. The molecule has 0 saturated heterocycles. The molecule has 2 aromatic carbocycles. The summed E-state index contributed by atoms with van der Waals surface area (Å²) in [4.78, 5) is 39.7. The molecule has 4 N–H and O–H groups in total. The van der Waals surface area contributed by atoms with Crippen LogP contribution >= 0.6 is 0 Å². The van der Waals surface area contributed by atoms with Gasteiger partial charge >= 0.3 is 12.4 Å². The zero-order valence-electron chi connectivity index (χ0n) is 21.2. The number of primary amides is 1. The number of rotatable bonds is 9. The van der Waals surface area contributed by atoms with Crippen LogP contribution in [0.1, 0.15) is 31.2 Å². The van der Waals surface area contributed by atoms with Crippen molar-refractivity contribution in [1.82, 2.24) is 5.32 Å². The number of halogens is 7. The van der Waals surface area contributed by atoms with E-state index in [1.165, 1.54) is 41.3 Å². The number of nitrogens with zero attached hydrogens (tertiary/aromatic N) is 2. The Bertz CT molecular complexity index is 1340. The van der Waals surface area contributed by atoms with Crippen LogP contribution in [0.3, 0.4) is 0 Å². The van der Waals surface area contributed by atoms with Gasteiger partial charge in [0.05, 0.1) is 23.9 Å². The number of amides is 3. The SMILES string of the molecule is N#Cc1cccc(N2C[C@H](NC(=O)[C@H](CCC(F)(F)F)[C@H](CCC(F)(F)F)C(N)=O)C(=O)Nc3c(F)cccc32)c1. The van der Waals surface area contributed by atoms with E-state index in [9.17, 15) is 50.4 Å². The molecule has 3 amide bonds. The highest BCUT2D eigenvalue weighted by atomic mass is 19.4. The molecule has 41 heavy (non-hydrogen) atoms. The van der Waals surface area contributed by atoms with E-state index in [1.807, 2.05) is 6.07 Å². The van der Waals surface area contributed by atoms with Crippen molar-refractivity contribution in [2.45, 2.75) is 44.1 Å². The topological polar surface area (TPSA) is 128 Å². The lowest BCUT2D eigenvalue weighted by molar-refractivity contribution is -0.152. The van der Waals surface area contributed by atoms with Gasteiger partial charge in [-0.3, -0.25) is 14.4 Å². The third kappa shape index (κ3) is 8.32. The molecule has 2 aromatic rings. The number of hydrogen-bond donors (Lipinski definition) is 3. The van der Waals surface area contributed by atoms with Crippen LogP contribution in [0.5, 0.6) is 0 Å². The fourth-order valence-electron chi connectivity index (χ4n) is 4.51. The number of benzene rings is 2. The molecule has 0 spiro atoms. The highest BCUT2D eigenvalue weighted by Gasteiger charge is 2.41. The molecule has 0 bridgehead atoms. The molecule has 1 heterocycles. The molecule has 3 atom stereocenters. The van der Waals surface area contributed by atoms with E-state index in [0.29, 0.717) is 5.69 Å². The normalized spacial score (nSPS) is 17.0. The van der Waals surface area contributed by atoms with Gasteiger partial charge in [0, 0.05) is 30.4 Å². The molecular formula is C26H24F7N5O3. The summed E-state index contributed by atoms with van der Waals surface area (Å²) in [5, 5.41) is 13.8. The number of anilines is 3. The Kier molecular flexibility index (Phi) is 9.46. The molecule has 3 rings (SSSR count). The maximum absolute atomic E-state index is 14.7. The van der Waals surface area contributed by atoms with Gasteiger partial charge in [-0.05, 0) is 43.2 Å². The second-order valence-electron chi connectivity index (χ2n) is 9.38. The minimum atomic E-state index is -4.81. The van der Waals surface area contributed by atoms with Crippen molar-refractivity contribution in [3.8, 4) is 6.07 Å². The van der Waals surface area contributed by atoms with Crippen LogP contribution in [0.4, 0.5) is 47.8 Å². The van der Waals surface area contributed by atoms with Gasteiger partial charge in [-0.15, -0.1) is 0 Å². The van der Waals surface area contributed by atoms with Gasteiger partial charge in [-0.25, -0.2) is 4.39 Å². The van der Waals surface area contributed by atoms with Crippen molar-refractivity contribution >= 4 is 34.8 Å². The zero-order chi connectivity index (χ0) is 30.5. The quantitative estimate of drug-likeness (QED) is 0.368. The van der Waals surface area contributed by atoms with Crippen molar-refractivity contribution < 1.29 is 45.1 Å². The Hall–Kier alpha value is -4.35. The molecule has 0 aliphatic carbocycles. The summed E-state index contributed by atoms with van der Waals surface area (Å²) in [5.74, 6) is -8.44. The van der Waals surface area contributed by atoms with Crippen LogP contribution in [0.15, 0.2) is 42.5 Å². The Balaban J connectivity index is 1.98. The molecule has 0 unspecified atom stereocenters. The van der Waals surface area contributed by atoms with Gasteiger partial charge in [-0.1, -0.05) is 12.1 Å². The van der Waals surface area contributed by atoms with Crippen molar-refractivity contribution in [2.24, 2.45) is 17.6 Å². The van der Waals surface area contributed by atoms with E-state index in [-0.39, 0.29) is 16.9 Å². The first-order chi connectivity index (χ1) is 19.1. The summed E-state index contributed by atoms with van der Waals surface area (Å²) in [6, 6.07) is 10.1. The molecule has 15 heteroatoms. The van der Waals surface area contributed by atoms with Crippen LogP contribution in [-0.2, 0) is 14.4 Å². The lowest BCUT2D eigenvalue weighted by atomic mass is 9.83. The van der Waals surface area contributed by atoms with Crippen LogP contribution in [0.2, 0.25) is 0 Å². The van der Waals surface area contributed by atoms with Gasteiger partial charge in [0.25, 0.3) is 0 Å². The summed E-state index contributed by atoms with van der Waals surface area (Å²) in [6.07, 6.45) is -14.9. The fourth-order valence-corrected chi connectivity index (χ4v) is 4.51. The van der Waals surface area contributed by atoms with Gasteiger partial charge < -0.3 is 21.3 Å². The molecular weight excluding hydrogens is 563 g/mol. The van der Waals surface area contributed by atoms with E-state index < -0.39 is 86.0 Å². The Morgan fingerprint density at radius 1 is 1.05 bits per heavy atom. The molecule has 0 radical (unpaired) electrons. The summed E-state index contributed by atoms with van der Waals surface area (Å²) >= 11 is 0. The monoisotopic (exact) mass is 587 g/mol. The van der Waals surface area contributed by atoms with Crippen molar-refractivity contribution in [1.29, 1.82) is 5.26 Å². The second-order valence-corrected chi connectivity index (χ2v) is 9.38. The third-order valence-electron chi connectivity index (χ3n) is 6.48. The first-order valence-electron chi connectivity index (χ1n) is 12.2. The van der Waals surface area contributed by atoms with E-state index >= 15 is 0 Å². The van der Waals surface area contributed by atoms with Gasteiger partial charge in [0.15, 0.2) is 0 Å². The first kappa shape index (κ1) is 31.2. The highest BCUT2D eigenvalue weighted by molar-refractivity contribution is 6.03. The minimum Gasteiger partial charge on any atom is -0.369 e. The van der Waals surface area contributed by atoms with Crippen molar-refractivity contribution in [3.05, 3.63) is 53.8 Å². The predicted molar refractivity (Wildman–Crippen MR) is 132 cm³/mol. The van der Waals surface area contributed by atoms with Crippen LogP contribution in [0.25, 0.3) is 0 Å². The van der Waals surface area contributed by atoms with Crippen LogP contribution in [-0.4, -0.2) is 42.7 Å². The number of hydrogen-bond acceptors (Lipinski definition) is 5. The van der Waals surface area contributed by atoms with Crippen LogP contribution in [0, 0.1) is 29.0 Å². The third-order valence-corrected chi connectivity index (χ3v) is 6.48. The summed E-state index contributed by atoms with van der Waals surface area (Å²) < 4.78 is 92.4. The Labute approximate surface area is 229 Å². The molecule has 0 aromatic heterocycles. The number of nitriles is 1. The van der Waals surface area contributed by atoms with E-state index in [4.69, 9.17) is 5.73 Å². The lowest BCUT2D eigenvalue weighted by Gasteiger charge is -2.29. The second kappa shape index (κ2) is 12.4. The molecule has 1 aliphatic heterocycles. The molecule has 8 nitrogen and oxygen atoms in total. The van der Waals surface area contributed by atoms with E-state index in [0.717, 1.165) is 6.07 Å². The standard InChI is InChI=1S/C26H24F7N5O3/c27-18-5-2-6-20-21(18)37-24(41)19(13-38(20)15-4-1-3-14(11-15)12-34)36-23(40)17(8-10-26(31,32)33)16(22(35)39)7-9-25(28,29)30/h1-6,11,16-17,19H,7-10,13H2,(H2,35,39)(H,36,40)(H,37,41)/t16-,17+,19-/m0/s1.